The van der Waals surface area contributed by atoms with E-state index in [1.165, 1.54) is 33.0 Å². The average Bonchev–Trinajstić information content (AvgIpc) is 0.775. The normalized spacial score (nSPS) is 29.4. The summed E-state index contributed by atoms with van der Waals surface area (Å²) in [4.78, 5) is 117. The number of hydrogen-bond donors (Lipinski definition) is 19. The van der Waals surface area contributed by atoms with E-state index in [0.717, 1.165) is 66.7 Å². The van der Waals surface area contributed by atoms with E-state index in [-0.39, 0.29) is 46.2 Å². The second-order valence-electron chi connectivity index (χ2n) is 25.7. The summed E-state index contributed by atoms with van der Waals surface area (Å²) in [5.74, 6) is -16.0. The number of aliphatic hydroxyl groups excluding tert-OH is 6. The van der Waals surface area contributed by atoms with Crippen molar-refractivity contribution in [3.05, 3.63) is 117 Å². The number of nitrogens with one attached hydrogen (secondary N) is 7. The highest BCUT2D eigenvalue weighted by atomic mass is 35.5. The predicted molar refractivity (Wildman–Crippen MR) is 349 cm³/mol. The van der Waals surface area contributed by atoms with Crippen LogP contribution in [0.1, 0.15) is 105 Å². The molecule has 0 spiro atoms. The van der Waals surface area contributed by atoms with Gasteiger partial charge < -0.3 is 128 Å². The number of ether oxygens (including phenoxy) is 6. The van der Waals surface area contributed by atoms with Crippen molar-refractivity contribution < 1.29 is 118 Å². The highest BCUT2D eigenvalue weighted by molar-refractivity contribution is 6.32. The van der Waals surface area contributed by atoms with Crippen LogP contribution in [0, 0.1) is 5.92 Å². The fraction of sp³-hybridized carbons (Fsp3) is 0.424. The zero-order chi connectivity index (χ0) is 73.5. The molecule has 5 aromatic rings. The van der Waals surface area contributed by atoms with E-state index in [0.29, 0.717) is 0 Å². The van der Waals surface area contributed by atoms with Gasteiger partial charge >= 0.3 is 5.97 Å². The number of phenols is 3. The number of carboxylic acid groups (broad SMARTS) is 1. The summed E-state index contributed by atoms with van der Waals surface area (Å²) in [6, 6.07) is -0.679. The Kier molecular flexibility index (Phi) is 22.2. The number of rotatable bonds is 13. The fourth-order valence-electron chi connectivity index (χ4n) is 12.5. The summed E-state index contributed by atoms with van der Waals surface area (Å²) < 4.78 is 38.3. The lowest BCUT2D eigenvalue weighted by Crippen LogP contribution is -2.64. The van der Waals surface area contributed by atoms with Gasteiger partial charge in [-0.05, 0) is 110 Å². The van der Waals surface area contributed by atoms with Crippen molar-refractivity contribution in [1.29, 1.82) is 0 Å². The molecular formula is C66H75Cl2N9O24. The third kappa shape index (κ3) is 15.8. The minimum Gasteiger partial charge on any atom is -0.508 e. The van der Waals surface area contributed by atoms with Crippen molar-refractivity contribution in [2.45, 2.75) is 156 Å². The standard InChI is InChI=1S/C66H75Cl2N9O24/c1-23(2)12-34(71-5)58(88)76-49-51(83)26-7-10-38(32(67)14-26)97-40-16-28-17-41(55(40)101-65-56(54(86)53(85)42(22-78)99-65)100-44-21-66(4,70)57(87)24(3)96-44)98-39-11-8-27(15-33(39)68)52(84)50-63(93)75-48(64(94)95)31-18-29(79)19-37(81)45(31)30-13-25(6-9-36(30)80)46(60(90)77-50)74-61(91)47(28)73-59(89)35(20-43(69)82)72-62(49)92/h6-11,13-19,23-24,34-35,42,44,46-54,56-57,65,71,78-81,83-87H,12,20-22,70H2,1-5H3,(H2,69,82)(H,72,92)(H,73,89)(H,74,91)(H,75,93)(H,76,88)(H,77,90)(H,94,95)/t24-,34+,35-,42?,44-,46?,47+,48+,49?,50-,51+,52+,53+,54-,56+,57+,65-,66-/m0/s1. The molecule has 35 heteroatoms. The molecule has 2 saturated heterocycles. The third-order valence-corrected chi connectivity index (χ3v) is 18.4. The minimum atomic E-state index is -2.35. The predicted octanol–water partition coefficient (Wildman–Crippen LogP) is 0.106. The summed E-state index contributed by atoms with van der Waals surface area (Å²) in [5, 5.41) is 131. The van der Waals surface area contributed by atoms with Crippen LogP contribution in [0.5, 0.6) is 46.0 Å². The monoisotopic (exact) mass is 1450 g/mol. The first-order chi connectivity index (χ1) is 47.7. The number of hydrogen-bond acceptors (Lipinski definition) is 25. The van der Waals surface area contributed by atoms with Gasteiger partial charge in [0.15, 0.2) is 29.9 Å². The van der Waals surface area contributed by atoms with Gasteiger partial charge in [-0.2, -0.15) is 0 Å². The van der Waals surface area contributed by atoms with Gasteiger partial charge in [0, 0.05) is 34.7 Å². The van der Waals surface area contributed by atoms with Crippen molar-refractivity contribution in [2.75, 3.05) is 13.7 Å². The summed E-state index contributed by atoms with van der Waals surface area (Å²) in [6.45, 7) is 5.66. The van der Waals surface area contributed by atoms with E-state index in [2.05, 4.69) is 37.2 Å². The molecule has 12 rings (SSSR count). The number of fused-ring (bicyclic) bond motifs is 15. The zero-order valence-electron chi connectivity index (χ0n) is 54.3. The first kappa shape index (κ1) is 74.5. The second kappa shape index (κ2) is 30.2. The van der Waals surface area contributed by atoms with E-state index in [1.54, 1.807) is 0 Å². The molecule has 7 aliphatic heterocycles. The Balaban J connectivity index is 1.24. The molecule has 7 amide bonds. The molecule has 0 saturated carbocycles. The molecule has 101 heavy (non-hydrogen) atoms. The number of amides is 7. The van der Waals surface area contributed by atoms with Crippen LogP contribution in [-0.2, 0) is 52.6 Å². The van der Waals surface area contributed by atoms with Gasteiger partial charge in [0.05, 0.1) is 41.3 Å². The van der Waals surface area contributed by atoms with Crippen molar-refractivity contribution in [3.63, 3.8) is 0 Å². The number of nitrogens with two attached hydrogens (primary N) is 2. The van der Waals surface area contributed by atoms with Crippen LogP contribution in [0.15, 0.2) is 78.9 Å². The lowest BCUT2D eigenvalue weighted by Gasteiger charge is -2.47. The first-order valence-electron chi connectivity index (χ1n) is 31.6. The summed E-state index contributed by atoms with van der Waals surface area (Å²) in [7, 11) is 1.47. The number of aromatic hydroxyl groups is 3. The van der Waals surface area contributed by atoms with Gasteiger partial charge in [-0.15, -0.1) is 0 Å². The maximum Gasteiger partial charge on any atom is 0.330 e. The number of carboxylic acids is 1. The lowest BCUT2D eigenvalue weighted by atomic mass is 9.86. The molecular weight excluding hydrogens is 1370 g/mol. The lowest BCUT2D eigenvalue weighted by molar-refractivity contribution is -0.333. The van der Waals surface area contributed by atoms with E-state index in [1.807, 2.05) is 13.8 Å². The topological polar surface area (TPSA) is 530 Å². The molecule has 542 valence electrons. The number of carbonyl (C=O) groups excluding carboxylic acids is 7. The minimum absolute atomic E-state index is 0.0975. The Morgan fingerprint density at radius 2 is 1.32 bits per heavy atom. The van der Waals surface area contributed by atoms with E-state index >= 15 is 14.4 Å². The van der Waals surface area contributed by atoms with E-state index in [9.17, 15) is 75.0 Å². The maximum absolute atomic E-state index is 16.0. The maximum atomic E-state index is 16.0. The van der Waals surface area contributed by atoms with Crippen molar-refractivity contribution in [1.82, 2.24) is 37.2 Å². The molecule has 7 heterocycles. The molecule has 0 aromatic heterocycles. The Bertz CT molecular complexity index is 4070. The van der Waals surface area contributed by atoms with Crippen LogP contribution in [0.3, 0.4) is 0 Å². The number of halogens is 2. The Morgan fingerprint density at radius 3 is 1.90 bits per heavy atom. The number of aliphatic carboxylic acids is 1. The zero-order valence-corrected chi connectivity index (χ0v) is 55.8. The van der Waals surface area contributed by atoms with Crippen LogP contribution in [-0.4, -0.2) is 191 Å². The molecule has 33 nitrogen and oxygen atoms in total. The van der Waals surface area contributed by atoms with Crippen LogP contribution < -0.4 is 62.9 Å². The molecule has 21 N–H and O–H groups in total. The van der Waals surface area contributed by atoms with Crippen molar-refractivity contribution in [2.24, 2.45) is 17.4 Å². The van der Waals surface area contributed by atoms with Gasteiger partial charge in [-0.1, -0.05) is 55.2 Å². The van der Waals surface area contributed by atoms with Crippen LogP contribution in [0.4, 0.5) is 0 Å². The molecule has 3 unspecified atom stereocenters. The summed E-state index contributed by atoms with van der Waals surface area (Å²) in [5.41, 5.74) is 8.00. The number of benzene rings is 5. The van der Waals surface area contributed by atoms with Crippen LogP contribution in [0.2, 0.25) is 10.0 Å². The van der Waals surface area contributed by atoms with Gasteiger partial charge in [-0.25, -0.2) is 4.79 Å². The molecule has 0 radical (unpaired) electrons. The highest BCUT2D eigenvalue weighted by Gasteiger charge is 2.51. The number of likely N-dealkylation sites (N-methyl/N-ethyl adjacent to an activating group) is 1. The van der Waals surface area contributed by atoms with Gasteiger partial charge in [-0.3, -0.25) is 33.6 Å². The summed E-state index contributed by atoms with van der Waals surface area (Å²) >= 11 is 14.1. The fourth-order valence-corrected chi connectivity index (χ4v) is 12.9. The second-order valence-corrected chi connectivity index (χ2v) is 26.5. The van der Waals surface area contributed by atoms with Crippen LogP contribution >= 0.6 is 23.2 Å². The Labute approximate surface area is 584 Å². The SMILES string of the molecule is CN[C@H](CC(C)C)C(=O)NC1C(=O)N[C@@H](CC(N)=O)C(=O)N[C@H]2C(=O)NC3C(=O)N[C@H](C(=O)N[C@@H](C(=O)O)c4cc(O)cc(O)c4-c4cc3ccc4O)[C@H](O)c3ccc(c(Cl)c3)Oc3cc2cc(c3O[C@@H]2OC(CO)[C@@H](O)[C@H](O)[C@H]2O[C@H]2C[C@](C)(N)[C@H](O)[C@H](C)O2)Oc2ccc(cc2Cl)[C@H]1O. The number of phenolic OH excluding ortho intramolecular Hbond substituents is 3. The molecule has 5 aromatic carbocycles. The van der Waals surface area contributed by atoms with Crippen molar-refractivity contribution >= 4 is 70.5 Å². The van der Waals surface area contributed by atoms with E-state index in [4.69, 9.17) is 63.1 Å². The van der Waals surface area contributed by atoms with E-state index < -0.39 is 237 Å². The summed E-state index contributed by atoms with van der Waals surface area (Å²) in [6.07, 6.45) is -18.6. The molecule has 7 aliphatic rings. The molecule has 18 atom stereocenters. The third-order valence-electron chi connectivity index (χ3n) is 17.8. The molecule has 11 bridgehead atoms. The quantitative estimate of drug-likeness (QED) is 0.0743. The Hall–Kier alpha value is -9.20. The largest absolute Gasteiger partial charge is 0.508 e. The first-order valence-corrected chi connectivity index (χ1v) is 32.4. The van der Waals surface area contributed by atoms with Crippen molar-refractivity contribution in [3.8, 4) is 57.1 Å². The van der Waals surface area contributed by atoms with Gasteiger partial charge in [0.25, 0.3) is 0 Å². The number of aliphatic hydroxyl groups is 6. The molecule has 0 aliphatic carbocycles. The van der Waals surface area contributed by atoms with Crippen LogP contribution in [0.25, 0.3) is 11.1 Å². The molecule has 2 fully saturated rings. The van der Waals surface area contributed by atoms with Gasteiger partial charge in [0.2, 0.25) is 53.4 Å². The Morgan fingerprint density at radius 1 is 0.713 bits per heavy atom. The average molecular weight is 1450 g/mol. The number of primary amides is 1. The highest BCUT2D eigenvalue weighted by Crippen LogP contribution is 2.50. The smallest absolute Gasteiger partial charge is 0.330 e. The van der Waals surface area contributed by atoms with Gasteiger partial charge in [0.1, 0.15) is 89.5 Å². The number of carbonyl (C=O) groups is 8.